The maximum Gasteiger partial charge on any atom is 0.410 e. The molecule has 26 heavy (non-hydrogen) atoms. The molecule has 2 aliphatic rings. The van der Waals surface area contributed by atoms with E-state index in [2.05, 4.69) is 0 Å². The largest absolute Gasteiger partial charge is 0.479 e. The number of piperidine rings is 1. The number of nitrogens with zero attached hydrogens (tertiary/aromatic N) is 2. The smallest absolute Gasteiger partial charge is 0.410 e. The Balaban J connectivity index is 1.83. The molecule has 2 aliphatic heterocycles. The van der Waals surface area contributed by atoms with Crippen LogP contribution in [0.5, 0.6) is 5.75 Å². The van der Waals surface area contributed by atoms with Crippen molar-refractivity contribution in [3.05, 3.63) is 29.8 Å². The molecule has 1 aromatic carbocycles. The lowest BCUT2D eigenvalue weighted by Crippen LogP contribution is -2.55. The van der Waals surface area contributed by atoms with Crippen molar-refractivity contribution < 1.29 is 19.1 Å². The van der Waals surface area contributed by atoms with Gasteiger partial charge in [-0.2, -0.15) is 0 Å². The van der Waals surface area contributed by atoms with E-state index in [1.807, 2.05) is 45.0 Å². The van der Waals surface area contributed by atoms with Crippen molar-refractivity contribution in [3.8, 4) is 5.75 Å². The monoisotopic (exact) mass is 360 g/mol. The number of ether oxygens (including phenoxy) is 2. The number of hydrogen-bond donors (Lipinski definition) is 0. The highest BCUT2D eigenvalue weighted by Gasteiger charge is 2.54. The van der Waals surface area contributed by atoms with E-state index in [1.54, 1.807) is 23.9 Å². The molecular formula is C20H28N2O4. The van der Waals surface area contributed by atoms with Crippen LogP contribution in [0.3, 0.4) is 0 Å². The molecule has 3 rings (SSSR count). The van der Waals surface area contributed by atoms with Crippen LogP contribution < -0.4 is 4.74 Å². The fraction of sp³-hybridized carbons (Fsp3) is 0.600. The summed E-state index contributed by atoms with van der Waals surface area (Å²) in [5, 5.41) is 0. The molecule has 6 nitrogen and oxygen atoms in total. The van der Waals surface area contributed by atoms with E-state index >= 15 is 0 Å². The van der Waals surface area contributed by atoms with Crippen molar-refractivity contribution in [2.75, 3.05) is 27.2 Å². The van der Waals surface area contributed by atoms with Crippen molar-refractivity contribution in [3.63, 3.8) is 0 Å². The highest BCUT2D eigenvalue weighted by molar-refractivity contribution is 5.84. The Morgan fingerprint density at radius 3 is 2.38 bits per heavy atom. The van der Waals surface area contributed by atoms with E-state index in [4.69, 9.17) is 9.47 Å². The van der Waals surface area contributed by atoms with E-state index in [9.17, 15) is 9.59 Å². The number of fused-ring (bicyclic) bond motifs is 2. The van der Waals surface area contributed by atoms with Crippen LogP contribution in [0, 0.1) is 0 Å². The van der Waals surface area contributed by atoms with Gasteiger partial charge in [0.15, 0.2) is 6.10 Å². The molecule has 0 unspecified atom stereocenters. The Kier molecular flexibility index (Phi) is 4.63. The molecular weight excluding hydrogens is 332 g/mol. The van der Waals surface area contributed by atoms with E-state index in [0.717, 1.165) is 11.3 Å². The zero-order valence-electron chi connectivity index (χ0n) is 16.2. The van der Waals surface area contributed by atoms with Gasteiger partial charge in [-0.1, -0.05) is 18.2 Å². The Morgan fingerprint density at radius 1 is 1.19 bits per heavy atom. The lowest BCUT2D eigenvalue weighted by molar-refractivity contribution is -0.139. The van der Waals surface area contributed by atoms with Gasteiger partial charge in [-0.05, 0) is 39.7 Å². The number of amides is 2. The summed E-state index contributed by atoms with van der Waals surface area (Å²) in [4.78, 5) is 28.5. The van der Waals surface area contributed by atoms with Gasteiger partial charge in [0, 0.05) is 38.2 Å². The number of para-hydroxylation sites is 1. The maximum atomic E-state index is 12.8. The topological polar surface area (TPSA) is 59.1 Å². The average molecular weight is 360 g/mol. The second-order valence-corrected chi connectivity index (χ2v) is 8.35. The number of rotatable bonds is 1. The van der Waals surface area contributed by atoms with Crippen LogP contribution in [0.2, 0.25) is 0 Å². The van der Waals surface area contributed by atoms with E-state index in [-0.39, 0.29) is 12.0 Å². The molecule has 1 spiro atoms. The van der Waals surface area contributed by atoms with Gasteiger partial charge in [0.2, 0.25) is 0 Å². The predicted octanol–water partition coefficient (Wildman–Crippen LogP) is 2.80. The molecule has 0 saturated carbocycles. The third kappa shape index (κ3) is 3.24. The quantitative estimate of drug-likeness (QED) is 0.773. The lowest BCUT2D eigenvalue weighted by atomic mass is 9.69. The van der Waals surface area contributed by atoms with Crippen LogP contribution >= 0.6 is 0 Å². The van der Waals surface area contributed by atoms with Gasteiger partial charge in [0.05, 0.1) is 0 Å². The van der Waals surface area contributed by atoms with Crippen molar-refractivity contribution in [1.29, 1.82) is 0 Å². The SMILES string of the molecule is CN(C)C(=O)[C@@H]1Oc2ccccc2C12CCN(C(=O)OC(C)(C)C)CC2. The van der Waals surface area contributed by atoms with Crippen molar-refractivity contribution in [2.45, 2.75) is 50.7 Å². The summed E-state index contributed by atoms with van der Waals surface area (Å²) < 4.78 is 11.6. The number of carbonyl (C=O) groups excluding carboxylic acids is 2. The molecule has 6 heteroatoms. The highest BCUT2D eigenvalue weighted by Crippen LogP contribution is 2.49. The van der Waals surface area contributed by atoms with Crippen LogP contribution in [0.4, 0.5) is 4.79 Å². The standard InChI is InChI=1S/C20H28N2O4/c1-19(2,3)26-18(24)22-12-10-20(11-13-22)14-8-6-7-9-15(14)25-16(20)17(23)21(4)5/h6-9,16H,10-13H2,1-5H3/t16-/m0/s1. The molecule has 0 aromatic heterocycles. The first-order chi connectivity index (χ1) is 12.1. The van der Waals surface area contributed by atoms with Gasteiger partial charge in [0.1, 0.15) is 11.4 Å². The third-order valence-electron chi connectivity index (χ3n) is 5.14. The summed E-state index contributed by atoms with van der Waals surface area (Å²) in [6.07, 6.45) is 0.506. The summed E-state index contributed by atoms with van der Waals surface area (Å²) >= 11 is 0. The van der Waals surface area contributed by atoms with Gasteiger partial charge < -0.3 is 19.3 Å². The molecule has 0 bridgehead atoms. The first-order valence-electron chi connectivity index (χ1n) is 9.09. The van der Waals surface area contributed by atoms with E-state index in [1.165, 1.54) is 0 Å². The first-order valence-corrected chi connectivity index (χ1v) is 9.09. The maximum absolute atomic E-state index is 12.8. The van der Waals surface area contributed by atoms with Crippen LogP contribution in [-0.4, -0.2) is 60.7 Å². The Labute approximate surface area is 155 Å². The fourth-order valence-electron chi connectivity index (χ4n) is 3.83. The summed E-state index contributed by atoms with van der Waals surface area (Å²) in [6, 6.07) is 7.86. The number of hydrogen-bond acceptors (Lipinski definition) is 4. The molecule has 1 fully saturated rings. The zero-order valence-corrected chi connectivity index (χ0v) is 16.2. The Bertz CT molecular complexity index is 700. The predicted molar refractivity (Wildman–Crippen MR) is 98.3 cm³/mol. The fourth-order valence-corrected chi connectivity index (χ4v) is 3.83. The van der Waals surface area contributed by atoms with Gasteiger partial charge >= 0.3 is 6.09 Å². The summed E-state index contributed by atoms with van der Waals surface area (Å²) in [5.74, 6) is 0.741. The lowest BCUT2D eigenvalue weighted by Gasteiger charge is -2.42. The van der Waals surface area contributed by atoms with Crippen LogP contribution in [-0.2, 0) is 14.9 Å². The highest BCUT2D eigenvalue weighted by atomic mass is 16.6. The molecule has 1 saturated heterocycles. The number of carbonyl (C=O) groups is 2. The van der Waals surface area contributed by atoms with Crippen molar-refractivity contribution >= 4 is 12.0 Å². The summed E-state index contributed by atoms with van der Waals surface area (Å²) in [7, 11) is 3.50. The van der Waals surface area contributed by atoms with Crippen LogP contribution in [0.1, 0.15) is 39.2 Å². The first kappa shape index (κ1) is 18.5. The minimum Gasteiger partial charge on any atom is -0.479 e. The van der Waals surface area contributed by atoms with E-state index in [0.29, 0.717) is 25.9 Å². The minimum absolute atomic E-state index is 0.0353. The molecule has 2 heterocycles. The molecule has 1 atom stereocenters. The van der Waals surface area contributed by atoms with Crippen molar-refractivity contribution in [2.24, 2.45) is 0 Å². The minimum atomic E-state index is -0.546. The summed E-state index contributed by atoms with van der Waals surface area (Å²) in [6.45, 7) is 6.68. The van der Waals surface area contributed by atoms with Gasteiger partial charge in [0.25, 0.3) is 5.91 Å². The van der Waals surface area contributed by atoms with Gasteiger partial charge in [-0.3, -0.25) is 4.79 Å². The zero-order chi connectivity index (χ0) is 19.1. The van der Waals surface area contributed by atoms with Crippen LogP contribution in [0.15, 0.2) is 24.3 Å². The number of benzene rings is 1. The van der Waals surface area contributed by atoms with Gasteiger partial charge in [-0.25, -0.2) is 4.79 Å². The molecule has 142 valence electrons. The van der Waals surface area contributed by atoms with Gasteiger partial charge in [-0.15, -0.1) is 0 Å². The Morgan fingerprint density at radius 2 is 1.81 bits per heavy atom. The molecule has 0 aliphatic carbocycles. The summed E-state index contributed by atoms with van der Waals surface area (Å²) in [5.41, 5.74) is 0.166. The molecule has 1 aromatic rings. The second kappa shape index (κ2) is 6.49. The molecule has 0 N–H and O–H groups in total. The number of likely N-dealkylation sites (N-methyl/N-ethyl adjacent to an activating group) is 1. The molecule has 2 amide bonds. The third-order valence-corrected chi connectivity index (χ3v) is 5.14. The number of likely N-dealkylation sites (tertiary alicyclic amines) is 1. The second-order valence-electron chi connectivity index (χ2n) is 8.35. The normalized spacial score (nSPS) is 21.1. The average Bonchev–Trinajstić information content (AvgIpc) is 2.87. The van der Waals surface area contributed by atoms with E-state index < -0.39 is 17.1 Å². The van der Waals surface area contributed by atoms with Crippen molar-refractivity contribution in [1.82, 2.24) is 9.80 Å². The van der Waals surface area contributed by atoms with Crippen LogP contribution in [0.25, 0.3) is 0 Å². The Hall–Kier alpha value is -2.24. The molecule has 0 radical (unpaired) electrons.